The first-order valence-corrected chi connectivity index (χ1v) is 8.24. The fourth-order valence-corrected chi connectivity index (χ4v) is 3.02. The molecule has 0 bridgehead atoms. The lowest BCUT2D eigenvalue weighted by atomic mass is 10.00. The monoisotopic (exact) mass is 364 g/mol. The number of carbonyl (C=O) groups is 1. The van der Waals surface area contributed by atoms with Crippen LogP contribution in [0.4, 0.5) is 14.9 Å². The second kappa shape index (κ2) is 7.24. The molecule has 2 aromatic carbocycles. The number of urea groups is 1. The van der Waals surface area contributed by atoms with Gasteiger partial charge in [-0.2, -0.15) is 0 Å². The maximum absolute atomic E-state index is 13.0. The predicted octanol–water partition coefficient (Wildman–Crippen LogP) is 5.45. The van der Waals surface area contributed by atoms with E-state index in [4.69, 9.17) is 23.2 Å². The highest BCUT2D eigenvalue weighted by atomic mass is 35.5. The Kier molecular flexibility index (Phi) is 5.07. The molecule has 3 nitrogen and oxygen atoms in total. The van der Waals surface area contributed by atoms with Crippen molar-refractivity contribution < 1.29 is 9.18 Å². The maximum atomic E-state index is 13.0. The van der Waals surface area contributed by atoms with Gasteiger partial charge in [0, 0.05) is 18.1 Å². The number of nitrogens with one attached hydrogen (secondary N) is 1. The summed E-state index contributed by atoms with van der Waals surface area (Å²) >= 11 is 11.9. The van der Waals surface area contributed by atoms with Crippen LogP contribution in [0.1, 0.15) is 12.0 Å². The van der Waals surface area contributed by atoms with Crippen LogP contribution in [0.3, 0.4) is 0 Å². The molecule has 24 heavy (non-hydrogen) atoms. The molecule has 3 rings (SSSR count). The number of hydrogen-bond donors (Lipinski definition) is 1. The molecule has 1 aliphatic rings. The van der Waals surface area contributed by atoms with Crippen molar-refractivity contribution in [2.24, 2.45) is 0 Å². The van der Waals surface area contributed by atoms with E-state index < -0.39 is 0 Å². The molecular weight excluding hydrogens is 350 g/mol. The van der Waals surface area contributed by atoms with Gasteiger partial charge >= 0.3 is 6.03 Å². The first-order chi connectivity index (χ1) is 11.5. The van der Waals surface area contributed by atoms with Gasteiger partial charge in [0.05, 0.1) is 10.7 Å². The summed E-state index contributed by atoms with van der Waals surface area (Å²) in [5, 5.41) is 3.70. The van der Waals surface area contributed by atoms with E-state index in [-0.39, 0.29) is 11.8 Å². The fourth-order valence-electron chi connectivity index (χ4n) is 2.56. The number of halogens is 3. The highest BCUT2D eigenvalue weighted by Crippen LogP contribution is 2.27. The summed E-state index contributed by atoms with van der Waals surface area (Å²) in [5.41, 5.74) is 2.63. The molecule has 0 saturated carbocycles. The first-order valence-electron chi connectivity index (χ1n) is 7.49. The zero-order valence-electron chi connectivity index (χ0n) is 12.7. The van der Waals surface area contributed by atoms with E-state index in [9.17, 15) is 9.18 Å². The number of hydrogen-bond acceptors (Lipinski definition) is 1. The third-order valence-corrected chi connectivity index (χ3v) is 4.43. The van der Waals surface area contributed by atoms with Crippen LogP contribution in [-0.4, -0.2) is 24.0 Å². The summed E-state index contributed by atoms with van der Waals surface area (Å²) in [6.45, 7) is 1.07. The number of rotatable bonds is 2. The van der Waals surface area contributed by atoms with Gasteiger partial charge in [0.25, 0.3) is 0 Å². The van der Waals surface area contributed by atoms with Crippen molar-refractivity contribution in [2.45, 2.75) is 6.42 Å². The summed E-state index contributed by atoms with van der Waals surface area (Å²) < 4.78 is 13.0. The van der Waals surface area contributed by atoms with Crippen molar-refractivity contribution in [2.75, 3.05) is 18.4 Å². The Bertz CT molecular complexity index is 790. The zero-order chi connectivity index (χ0) is 17.1. The first kappa shape index (κ1) is 16.8. The Labute approximate surface area is 149 Å². The number of amides is 2. The number of nitrogens with zero attached hydrogens (tertiary/aromatic N) is 1. The van der Waals surface area contributed by atoms with Gasteiger partial charge in [-0.3, -0.25) is 0 Å². The molecule has 6 heteroatoms. The van der Waals surface area contributed by atoms with Crippen LogP contribution in [0.2, 0.25) is 10.0 Å². The molecule has 0 atom stereocenters. The van der Waals surface area contributed by atoms with Crippen molar-refractivity contribution in [3.8, 4) is 0 Å². The van der Waals surface area contributed by atoms with Gasteiger partial charge in [0.15, 0.2) is 0 Å². The van der Waals surface area contributed by atoms with Gasteiger partial charge in [0.2, 0.25) is 0 Å². The van der Waals surface area contributed by atoms with E-state index in [1.165, 1.54) is 12.1 Å². The minimum atomic E-state index is -0.254. The molecule has 0 aliphatic carbocycles. The molecule has 124 valence electrons. The molecule has 2 aromatic rings. The highest BCUT2D eigenvalue weighted by molar-refractivity contribution is 6.36. The van der Waals surface area contributed by atoms with E-state index >= 15 is 0 Å². The van der Waals surface area contributed by atoms with Crippen molar-refractivity contribution in [3.05, 3.63) is 70.0 Å². The van der Waals surface area contributed by atoms with E-state index in [2.05, 4.69) is 5.32 Å². The van der Waals surface area contributed by atoms with Crippen LogP contribution < -0.4 is 5.32 Å². The van der Waals surface area contributed by atoms with Crippen LogP contribution in [0, 0.1) is 5.82 Å². The van der Waals surface area contributed by atoms with Gasteiger partial charge in [-0.05, 0) is 47.9 Å². The van der Waals surface area contributed by atoms with Crippen LogP contribution in [-0.2, 0) is 0 Å². The quantitative estimate of drug-likeness (QED) is 0.754. The molecule has 0 radical (unpaired) electrons. The Morgan fingerprint density at radius 1 is 1.12 bits per heavy atom. The zero-order valence-corrected chi connectivity index (χ0v) is 14.2. The molecule has 0 aromatic heterocycles. The Morgan fingerprint density at radius 3 is 2.50 bits per heavy atom. The molecular formula is C18H15Cl2FN2O. The molecule has 1 N–H and O–H groups in total. The predicted molar refractivity (Wildman–Crippen MR) is 96.0 cm³/mol. The van der Waals surface area contributed by atoms with Gasteiger partial charge in [-0.1, -0.05) is 41.4 Å². The lowest BCUT2D eigenvalue weighted by Gasteiger charge is -2.27. The number of carbonyl (C=O) groups excluding carboxylic acids is 1. The lowest BCUT2D eigenvalue weighted by Crippen LogP contribution is -2.37. The van der Waals surface area contributed by atoms with Crippen LogP contribution in [0.5, 0.6) is 0 Å². The second-order valence-electron chi connectivity index (χ2n) is 5.49. The van der Waals surface area contributed by atoms with Gasteiger partial charge in [-0.15, -0.1) is 0 Å². The Morgan fingerprint density at radius 2 is 1.88 bits per heavy atom. The maximum Gasteiger partial charge on any atom is 0.322 e. The topological polar surface area (TPSA) is 32.3 Å². The van der Waals surface area contributed by atoms with E-state index in [0.29, 0.717) is 35.2 Å². The number of anilines is 1. The second-order valence-corrected chi connectivity index (χ2v) is 6.33. The summed E-state index contributed by atoms with van der Waals surface area (Å²) in [4.78, 5) is 14.0. The van der Waals surface area contributed by atoms with Crippen molar-refractivity contribution in [1.82, 2.24) is 4.90 Å². The van der Waals surface area contributed by atoms with E-state index in [1.807, 2.05) is 6.08 Å². The molecule has 1 aliphatic heterocycles. The summed E-state index contributed by atoms with van der Waals surface area (Å²) in [6.07, 6.45) is 2.70. The SMILES string of the molecule is O=C(Nc1ccc(Cl)cc1Cl)N1CC=C(c2ccc(F)cc2)CC1. The van der Waals surface area contributed by atoms with E-state index in [1.54, 1.807) is 35.2 Å². The van der Waals surface area contributed by atoms with E-state index in [0.717, 1.165) is 11.1 Å². The third kappa shape index (κ3) is 3.89. The smallest absolute Gasteiger partial charge is 0.320 e. The normalized spacial score (nSPS) is 14.3. The van der Waals surface area contributed by atoms with Crippen LogP contribution >= 0.6 is 23.2 Å². The van der Waals surface area contributed by atoms with Crippen LogP contribution in [0.25, 0.3) is 5.57 Å². The molecule has 0 spiro atoms. The average Bonchev–Trinajstić information content (AvgIpc) is 2.58. The van der Waals surface area contributed by atoms with Gasteiger partial charge in [-0.25, -0.2) is 9.18 Å². The Hall–Kier alpha value is -2.04. The molecule has 0 unspecified atom stereocenters. The van der Waals surface area contributed by atoms with Crippen molar-refractivity contribution in [3.63, 3.8) is 0 Å². The average molecular weight is 365 g/mol. The molecule has 0 saturated heterocycles. The standard InChI is InChI=1S/C18H15Cl2FN2O/c19-14-3-6-17(16(20)11-14)22-18(24)23-9-7-13(8-10-23)12-1-4-15(21)5-2-12/h1-7,11H,8-10H2,(H,22,24). The lowest BCUT2D eigenvalue weighted by molar-refractivity contribution is 0.217. The fraction of sp³-hybridized carbons (Fsp3) is 0.167. The molecule has 2 amide bonds. The van der Waals surface area contributed by atoms with Crippen LogP contribution in [0.15, 0.2) is 48.5 Å². The minimum Gasteiger partial charge on any atom is -0.320 e. The molecule has 0 fully saturated rings. The summed E-state index contributed by atoms with van der Waals surface area (Å²) in [6, 6.07) is 11.1. The van der Waals surface area contributed by atoms with Gasteiger partial charge in [0.1, 0.15) is 5.82 Å². The highest BCUT2D eigenvalue weighted by Gasteiger charge is 2.18. The summed E-state index contributed by atoms with van der Waals surface area (Å²) in [7, 11) is 0. The third-order valence-electron chi connectivity index (χ3n) is 3.88. The van der Waals surface area contributed by atoms with Gasteiger partial charge < -0.3 is 10.2 Å². The minimum absolute atomic E-state index is 0.214. The van der Waals surface area contributed by atoms with Crippen molar-refractivity contribution in [1.29, 1.82) is 0 Å². The molecule has 1 heterocycles. The Balaban J connectivity index is 1.65. The largest absolute Gasteiger partial charge is 0.322 e. The number of benzene rings is 2. The van der Waals surface area contributed by atoms with Crippen molar-refractivity contribution >= 4 is 40.5 Å². The summed E-state index contributed by atoms with van der Waals surface area (Å²) in [5.74, 6) is -0.254.